The number of nitrogens with one attached hydrogen (secondary N) is 1. The molecule has 2 heterocycles. The van der Waals surface area contributed by atoms with E-state index in [2.05, 4.69) is 15.3 Å². The standard InChI is InChI=1S/C18H15N3O/c22-18(21-14-6-7-14)13-8-10-19-16(11-13)15-5-1-3-12-4-2-9-20-17(12)15/h1-5,8-11,14H,6-7H2,(H,21,22). The first-order valence-corrected chi connectivity index (χ1v) is 7.42. The molecule has 0 atom stereocenters. The summed E-state index contributed by atoms with van der Waals surface area (Å²) in [7, 11) is 0. The Bertz CT molecular complexity index is 850. The Balaban J connectivity index is 1.76. The van der Waals surface area contributed by atoms with E-state index < -0.39 is 0 Å². The Kier molecular flexibility index (Phi) is 3.07. The van der Waals surface area contributed by atoms with Crippen molar-refractivity contribution in [3.05, 3.63) is 60.4 Å². The van der Waals surface area contributed by atoms with Gasteiger partial charge >= 0.3 is 0 Å². The van der Waals surface area contributed by atoms with Crippen molar-refractivity contribution in [3.63, 3.8) is 0 Å². The van der Waals surface area contributed by atoms with Crippen LogP contribution >= 0.6 is 0 Å². The minimum Gasteiger partial charge on any atom is -0.349 e. The SMILES string of the molecule is O=C(NC1CC1)c1ccnc(-c2cccc3cccnc23)c1. The maximum Gasteiger partial charge on any atom is 0.251 e. The van der Waals surface area contributed by atoms with E-state index in [0.717, 1.165) is 35.0 Å². The van der Waals surface area contributed by atoms with Gasteiger partial charge in [-0.25, -0.2) is 0 Å². The molecule has 0 spiro atoms. The molecule has 22 heavy (non-hydrogen) atoms. The van der Waals surface area contributed by atoms with Crippen LogP contribution in [0.15, 0.2) is 54.9 Å². The lowest BCUT2D eigenvalue weighted by molar-refractivity contribution is 0.0951. The van der Waals surface area contributed by atoms with Gasteiger partial charge < -0.3 is 5.32 Å². The average Bonchev–Trinajstić information content (AvgIpc) is 3.38. The van der Waals surface area contributed by atoms with E-state index in [4.69, 9.17) is 0 Å². The Labute approximate surface area is 128 Å². The van der Waals surface area contributed by atoms with Gasteiger partial charge in [0, 0.05) is 34.9 Å². The van der Waals surface area contributed by atoms with Crippen LogP contribution in [0.25, 0.3) is 22.2 Å². The number of benzene rings is 1. The van der Waals surface area contributed by atoms with Gasteiger partial charge in [0.05, 0.1) is 11.2 Å². The van der Waals surface area contributed by atoms with Crippen LogP contribution in [0.3, 0.4) is 0 Å². The third kappa shape index (κ3) is 2.44. The monoisotopic (exact) mass is 289 g/mol. The smallest absolute Gasteiger partial charge is 0.251 e. The van der Waals surface area contributed by atoms with E-state index in [1.807, 2.05) is 36.4 Å². The molecular weight excluding hydrogens is 274 g/mol. The Morgan fingerprint density at radius 1 is 1.05 bits per heavy atom. The lowest BCUT2D eigenvalue weighted by Crippen LogP contribution is -2.25. The zero-order chi connectivity index (χ0) is 14.9. The number of para-hydroxylation sites is 1. The highest BCUT2D eigenvalue weighted by Crippen LogP contribution is 2.26. The van der Waals surface area contributed by atoms with Crippen molar-refractivity contribution in [1.82, 2.24) is 15.3 Å². The summed E-state index contributed by atoms with van der Waals surface area (Å²) in [4.78, 5) is 21.1. The van der Waals surface area contributed by atoms with Crippen molar-refractivity contribution >= 4 is 16.8 Å². The van der Waals surface area contributed by atoms with E-state index in [1.54, 1.807) is 18.5 Å². The number of carbonyl (C=O) groups excluding carboxylic acids is 1. The number of hydrogen-bond acceptors (Lipinski definition) is 3. The Morgan fingerprint density at radius 2 is 1.91 bits per heavy atom. The molecule has 2 aromatic heterocycles. The molecule has 0 radical (unpaired) electrons. The molecule has 1 N–H and O–H groups in total. The molecule has 1 amide bonds. The summed E-state index contributed by atoms with van der Waals surface area (Å²) in [6, 6.07) is 13.9. The summed E-state index contributed by atoms with van der Waals surface area (Å²) in [5.41, 5.74) is 3.26. The highest BCUT2D eigenvalue weighted by Gasteiger charge is 2.24. The molecule has 1 aliphatic carbocycles. The third-order valence-corrected chi connectivity index (χ3v) is 3.84. The fourth-order valence-corrected chi connectivity index (χ4v) is 2.53. The van der Waals surface area contributed by atoms with Crippen molar-refractivity contribution in [2.45, 2.75) is 18.9 Å². The van der Waals surface area contributed by atoms with Crippen molar-refractivity contribution in [1.29, 1.82) is 0 Å². The van der Waals surface area contributed by atoms with Gasteiger partial charge in [-0.1, -0.05) is 24.3 Å². The number of nitrogens with zero attached hydrogens (tertiary/aromatic N) is 2. The molecule has 0 saturated heterocycles. The zero-order valence-electron chi connectivity index (χ0n) is 12.0. The molecule has 0 aliphatic heterocycles. The number of aromatic nitrogens is 2. The summed E-state index contributed by atoms with van der Waals surface area (Å²) in [5.74, 6) is -0.0284. The second kappa shape index (κ2) is 5.22. The van der Waals surface area contributed by atoms with Crippen molar-refractivity contribution in [2.75, 3.05) is 0 Å². The van der Waals surface area contributed by atoms with Crippen molar-refractivity contribution in [3.8, 4) is 11.3 Å². The molecule has 1 saturated carbocycles. The molecule has 4 nitrogen and oxygen atoms in total. The van der Waals surface area contributed by atoms with Crippen molar-refractivity contribution < 1.29 is 4.79 Å². The van der Waals surface area contributed by atoms with Crippen LogP contribution < -0.4 is 5.32 Å². The second-order valence-corrected chi connectivity index (χ2v) is 5.56. The minimum absolute atomic E-state index is 0.0284. The first-order chi connectivity index (χ1) is 10.8. The van der Waals surface area contributed by atoms with Crippen LogP contribution in [0.4, 0.5) is 0 Å². The molecule has 4 rings (SSSR count). The van der Waals surface area contributed by atoms with Crippen LogP contribution in [-0.2, 0) is 0 Å². The molecule has 1 aliphatic rings. The Morgan fingerprint density at radius 3 is 2.77 bits per heavy atom. The summed E-state index contributed by atoms with van der Waals surface area (Å²) in [5, 5.41) is 4.07. The van der Waals surface area contributed by atoms with Gasteiger partial charge in [0.25, 0.3) is 5.91 Å². The number of carbonyl (C=O) groups is 1. The molecule has 3 aromatic rings. The predicted octanol–water partition coefficient (Wildman–Crippen LogP) is 3.19. The molecular formula is C18H15N3O. The van der Waals surface area contributed by atoms with E-state index in [1.165, 1.54) is 0 Å². The molecule has 0 bridgehead atoms. The third-order valence-electron chi connectivity index (χ3n) is 3.84. The number of fused-ring (bicyclic) bond motifs is 1. The summed E-state index contributed by atoms with van der Waals surface area (Å²) < 4.78 is 0. The Hall–Kier alpha value is -2.75. The minimum atomic E-state index is -0.0284. The van der Waals surface area contributed by atoms with Gasteiger partial charge in [-0.2, -0.15) is 0 Å². The average molecular weight is 289 g/mol. The van der Waals surface area contributed by atoms with Gasteiger partial charge in [-0.15, -0.1) is 0 Å². The highest BCUT2D eigenvalue weighted by atomic mass is 16.1. The van der Waals surface area contributed by atoms with Crippen LogP contribution in [0, 0.1) is 0 Å². The summed E-state index contributed by atoms with van der Waals surface area (Å²) in [6.07, 6.45) is 5.61. The normalized spacial score (nSPS) is 14.0. The van der Waals surface area contributed by atoms with Gasteiger partial charge in [0.15, 0.2) is 0 Å². The zero-order valence-corrected chi connectivity index (χ0v) is 12.0. The molecule has 1 fully saturated rings. The van der Waals surface area contributed by atoms with Gasteiger partial charge in [0.1, 0.15) is 0 Å². The van der Waals surface area contributed by atoms with Gasteiger partial charge in [0.2, 0.25) is 0 Å². The first kappa shape index (κ1) is 13.0. The molecule has 108 valence electrons. The van der Waals surface area contributed by atoms with E-state index >= 15 is 0 Å². The van der Waals surface area contributed by atoms with E-state index in [0.29, 0.717) is 11.6 Å². The quantitative estimate of drug-likeness (QED) is 0.805. The topological polar surface area (TPSA) is 54.9 Å². The van der Waals surface area contributed by atoms with Crippen molar-refractivity contribution in [2.24, 2.45) is 0 Å². The predicted molar refractivity (Wildman–Crippen MR) is 85.5 cm³/mol. The summed E-state index contributed by atoms with van der Waals surface area (Å²) >= 11 is 0. The molecule has 0 unspecified atom stereocenters. The largest absolute Gasteiger partial charge is 0.349 e. The second-order valence-electron chi connectivity index (χ2n) is 5.56. The maximum absolute atomic E-state index is 12.2. The van der Waals surface area contributed by atoms with Gasteiger partial charge in [-0.3, -0.25) is 14.8 Å². The number of pyridine rings is 2. The summed E-state index contributed by atoms with van der Waals surface area (Å²) in [6.45, 7) is 0. The van der Waals surface area contributed by atoms with Crippen LogP contribution in [0.2, 0.25) is 0 Å². The first-order valence-electron chi connectivity index (χ1n) is 7.42. The van der Waals surface area contributed by atoms with E-state index in [-0.39, 0.29) is 5.91 Å². The lowest BCUT2D eigenvalue weighted by atomic mass is 10.0. The molecule has 4 heteroatoms. The fourth-order valence-electron chi connectivity index (χ4n) is 2.53. The number of hydrogen-bond donors (Lipinski definition) is 1. The van der Waals surface area contributed by atoms with Crippen LogP contribution in [0.5, 0.6) is 0 Å². The maximum atomic E-state index is 12.2. The highest BCUT2D eigenvalue weighted by molar-refractivity contribution is 5.97. The molecule has 1 aromatic carbocycles. The number of amides is 1. The number of rotatable bonds is 3. The fraction of sp³-hybridized carbons (Fsp3) is 0.167. The van der Waals surface area contributed by atoms with Gasteiger partial charge in [-0.05, 0) is 31.0 Å². The lowest BCUT2D eigenvalue weighted by Gasteiger charge is -2.07. The van der Waals surface area contributed by atoms with E-state index in [9.17, 15) is 4.79 Å². The van der Waals surface area contributed by atoms with Crippen LogP contribution in [0.1, 0.15) is 23.2 Å². The van der Waals surface area contributed by atoms with Crippen LogP contribution in [-0.4, -0.2) is 21.9 Å².